The van der Waals surface area contributed by atoms with Crippen LogP contribution in [0.2, 0.25) is 0 Å². The minimum absolute atomic E-state index is 0.185. The first kappa shape index (κ1) is 9.03. The average Bonchev–Trinajstić information content (AvgIpc) is 3.01. The van der Waals surface area contributed by atoms with E-state index in [4.69, 9.17) is 0 Å². The number of hydrogen-bond donors (Lipinski definition) is 0. The molecule has 0 aromatic carbocycles. The fourth-order valence-electron chi connectivity index (χ4n) is 1.65. The van der Waals surface area contributed by atoms with Gasteiger partial charge in [0.15, 0.2) is 0 Å². The number of hydrogen-bond acceptors (Lipinski definition) is 3. The first-order chi connectivity index (χ1) is 7.93. The number of rotatable bonds is 2. The van der Waals surface area contributed by atoms with Crippen molar-refractivity contribution in [2.24, 2.45) is 0 Å². The van der Waals surface area contributed by atoms with Gasteiger partial charge in [-0.25, -0.2) is 4.68 Å². The summed E-state index contributed by atoms with van der Waals surface area (Å²) in [5, 5.41) is 8.21. The smallest absolute Gasteiger partial charge is 0.131 e. The summed E-state index contributed by atoms with van der Waals surface area (Å²) in [6.45, 7) is 0. The number of allylic oxidation sites excluding steroid dienone is 4. The van der Waals surface area contributed by atoms with Gasteiger partial charge in [-0.3, -0.25) is 4.98 Å². The Morgan fingerprint density at radius 2 is 1.94 bits per heavy atom. The minimum Gasteiger partial charge on any atom is -0.254 e. The van der Waals surface area contributed by atoms with Crippen molar-refractivity contribution in [1.82, 2.24) is 20.0 Å². The monoisotopic (exact) mass is 210 g/mol. The van der Waals surface area contributed by atoms with E-state index in [0.717, 1.165) is 11.4 Å². The van der Waals surface area contributed by atoms with E-state index in [1.54, 1.807) is 6.20 Å². The van der Waals surface area contributed by atoms with Crippen molar-refractivity contribution in [3.05, 3.63) is 54.9 Å². The second-order valence-electron chi connectivity index (χ2n) is 3.56. The van der Waals surface area contributed by atoms with Crippen LogP contribution in [0.1, 0.15) is 6.04 Å². The predicted octanol–water partition coefficient (Wildman–Crippen LogP) is 2.01. The molecule has 0 radical (unpaired) electrons. The van der Waals surface area contributed by atoms with Crippen molar-refractivity contribution in [3.8, 4) is 11.4 Å². The zero-order valence-corrected chi connectivity index (χ0v) is 8.56. The zero-order valence-electron chi connectivity index (χ0n) is 8.56. The molecular formula is C12H10N4. The Morgan fingerprint density at radius 3 is 2.69 bits per heavy atom. The molecule has 16 heavy (non-hydrogen) atoms. The van der Waals surface area contributed by atoms with E-state index in [1.807, 2.05) is 41.2 Å². The molecule has 2 aromatic rings. The van der Waals surface area contributed by atoms with E-state index in [9.17, 15) is 0 Å². The topological polar surface area (TPSA) is 43.6 Å². The standard InChI is InChI=1S/C12H10N4/c1-2-6-10(5-1)16-9-12(14-15-16)11-7-3-4-8-13-11/h1-10H. The Morgan fingerprint density at radius 1 is 1.06 bits per heavy atom. The van der Waals surface area contributed by atoms with Gasteiger partial charge in [0.1, 0.15) is 5.69 Å². The van der Waals surface area contributed by atoms with Crippen LogP contribution >= 0.6 is 0 Å². The van der Waals surface area contributed by atoms with Crippen LogP contribution in [0.25, 0.3) is 11.4 Å². The maximum absolute atomic E-state index is 4.24. The van der Waals surface area contributed by atoms with E-state index >= 15 is 0 Å². The van der Waals surface area contributed by atoms with Crippen molar-refractivity contribution in [2.75, 3.05) is 0 Å². The number of nitrogens with zero attached hydrogens (tertiary/aromatic N) is 4. The van der Waals surface area contributed by atoms with Gasteiger partial charge in [-0.1, -0.05) is 35.6 Å². The zero-order chi connectivity index (χ0) is 10.8. The second kappa shape index (κ2) is 3.73. The van der Waals surface area contributed by atoms with Crippen LogP contribution in [-0.2, 0) is 0 Å². The normalized spacial score (nSPS) is 14.8. The van der Waals surface area contributed by atoms with Crippen LogP contribution in [0.3, 0.4) is 0 Å². The van der Waals surface area contributed by atoms with Gasteiger partial charge in [-0.2, -0.15) is 0 Å². The lowest BCUT2D eigenvalue weighted by Gasteiger charge is -2.02. The fraction of sp³-hybridized carbons (Fsp3) is 0.0833. The fourth-order valence-corrected chi connectivity index (χ4v) is 1.65. The molecular weight excluding hydrogens is 200 g/mol. The van der Waals surface area contributed by atoms with Crippen molar-refractivity contribution in [3.63, 3.8) is 0 Å². The highest BCUT2D eigenvalue weighted by atomic mass is 15.4. The highest BCUT2D eigenvalue weighted by Crippen LogP contribution is 2.18. The maximum Gasteiger partial charge on any atom is 0.131 e. The lowest BCUT2D eigenvalue weighted by Crippen LogP contribution is -2.02. The van der Waals surface area contributed by atoms with Crippen LogP contribution in [0, 0.1) is 0 Å². The molecule has 1 aliphatic carbocycles. The summed E-state index contributed by atoms with van der Waals surface area (Å²) < 4.78 is 1.82. The lowest BCUT2D eigenvalue weighted by molar-refractivity contribution is 0.603. The molecule has 0 spiro atoms. The van der Waals surface area contributed by atoms with Gasteiger partial charge in [-0.15, -0.1) is 5.10 Å². The molecule has 0 amide bonds. The lowest BCUT2D eigenvalue weighted by atomic mass is 10.3. The summed E-state index contributed by atoms with van der Waals surface area (Å²) in [7, 11) is 0. The molecule has 4 heteroatoms. The molecule has 4 nitrogen and oxygen atoms in total. The summed E-state index contributed by atoms with van der Waals surface area (Å²) in [5.41, 5.74) is 1.65. The van der Waals surface area contributed by atoms with Gasteiger partial charge < -0.3 is 0 Å². The quantitative estimate of drug-likeness (QED) is 0.761. The van der Waals surface area contributed by atoms with Crippen LogP contribution in [0.5, 0.6) is 0 Å². The molecule has 0 bridgehead atoms. The largest absolute Gasteiger partial charge is 0.254 e. The van der Waals surface area contributed by atoms with Crippen molar-refractivity contribution < 1.29 is 0 Å². The Balaban J connectivity index is 1.94. The first-order valence-electron chi connectivity index (χ1n) is 5.12. The van der Waals surface area contributed by atoms with Crippen LogP contribution < -0.4 is 0 Å². The summed E-state index contributed by atoms with van der Waals surface area (Å²) in [5.74, 6) is 0. The Hall–Kier alpha value is -2.23. The second-order valence-corrected chi connectivity index (χ2v) is 3.56. The molecule has 2 heterocycles. The molecule has 3 rings (SSSR count). The summed E-state index contributed by atoms with van der Waals surface area (Å²) >= 11 is 0. The Kier molecular flexibility index (Phi) is 2.11. The number of aromatic nitrogens is 4. The molecule has 0 saturated heterocycles. The van der Waals surface area contributed by atoms with E-state index in [2.05, 4.69) is 27.4 Å². The van der Waals surface area contributed by atoms with Gasteiger partial charge >= 0.3 is 0 Å². The molecule has 0 atom stereocenters. The predicted molar refractivity (Wildman–Crippen MR) is 60.6 cm³/mol. The number of pyridine rings is 1. The van der Waals surface area contributed by atoms with E-state index in [0.29, 0.717) is 0 Å². The molecule has 2 aromatic heterocycles. The molecule has 0 unspecified atom stereocenters. The summed E-state index contributed by atoms with van der Waals surface area (Å²) in [4.78, 5) is 4.24. The molecule has 0 saturated carbocycles. The third-order valence-electron chi connectivity index (χ3n) is 2.47. The third-order valence-corrected chi connectivity index (χ3v) is 2.47. The SMILES string of the molecule is C1=CC(n2cc(-c3ccccn3)nn2)C=C1. The summed E-state index contributed by atoms with van der Waals surface area (Å²) in [6.07, 6.45) is 11.8. The molecule has 1 aliphatic rings. The third kappa shape index (κ3) is 1.54. The highest BCUT2D eigenvalue weighted by molar-refractivity contribution is 5.51. The Bertz CT molecular complexity index is 527. The van der Waals surface area contributed by atoms with Crippen LogP contribution in [0.4, 0.5) is 0 Å². The van der Waals surface area contributed by atoms with Crippen molar-refractivity contribution in [2.45, 2.75) is 6.04 Å². The van der Waals surface area contributed by atoms with E-state index < -0.39 is 0 Å². The molecule has 0 fully saturated rings. The first-order valence-corrected chi connectivity index (χ1v) is 5.12. The van der Waals surface area contributed by atoms with Crippen molar-refractivity contribution >= 4 is 0 Å². The van der Waals surface area contributed by atoms with E-state index in [-0.39, 0.29) is 6.04 Å². The van der Waals surface area contributed by atoms with Crippen molar-refractivity contribution in [1.29, 1.82) is 0 Å². The molecule has 0 aliphatic heterocycles. The molecule has 0 N–H and O–H groups in total. The molecule has 78 valence electrons. The van der Waals surface area contributed by atoms with Gasteiger partial charge in [0, 0.05) is 6.20 Å². The Labute approximate surface area is 92.9 Å². The van der Waals surface area contributed by atoms with Crippen LogP contribution in [-0.4, -0.2) is 20.0 Å². The minimum atomic E-state index is 0.185. The van der Waals surface area contributed by atoms with Gasteiger partial charge in [-0.05, 0) is 12.1 Å². The maximum atomic E-state index is 4.24. The van der Waals surface area contributed by atoms with Gasteiger partial charge in [0.2, 0.25) is 0 Å². The van der Waals surface area contributed by atoms with Crippen LogP contribution in [0.15, 0.2) is 54.9 Å². The average molecular weight is 210 g/mol. The van der Waals surface area contributed by atoms with Gasteiger partial charge in [0.25, 0.3) is 0 Å². The summed E-state index contributed by atoms with van der Waals surface area (Å²) in [6, 6.07) is 5.94. The highest BCUT2D eigenvalue weighted by Gasteiger charge is 2.10. The van der Waals surface area contributed by atoms with Gasteiger partial charge in [0.05, 0.1) is 17.9 Å². The van der Waals surface area contributed by atoms with E-state index in [1.165, 1.54) is 0 Å².